The maximum absolute atomic E-state index is 12.6. The molecule has 0 bridgehead atoms. The van der Waals surface area contributed by atoms with Crippen molar-refractivity contribution >= 4 is 36.4 Å². The molecule has 2 amide bonds. The van der Waals surface area contributed by atoms with Gasteiger partial charge in [-0.05, 0) is 18.1 Å². The number of benzene rings is 1. The van der Waals surface area contributed by atoms with E-state index in [9.17, 15) is 19.2 Å². The van der Waals surface area contributed by atoms with Crippen molar-refractivity contribution in [3.05, 3.63) is 35.9 Å². The summed E-state index contributed by atoms with van der Waals surface area (Å²) in [5.41, 5.74) is 5.92. The Kier molecular flexibility index (Phi) is 10.2. The molecule has 0 aliphatic heterocycles. The number of nitrogens with two attached hydrogens (primary N) is 1. The van der Waals surface area contributed by atoms with Crippen molar-refractivity contribution in [3.63, 3.8) is 0 Å². The van der Waals surface area contributed by atoms with Crippen LogP contribution in [0.1, 0.15) is 24.2 Å². The van der Waals surface area contributed by atoms with E-state index in [0.717, 1.165) is 7.11 Å². The molecule has 0 radical (unpaired) electrons. The predicted octanol–water partition coefficient (Wildman–Crippen LogP) is -0.101. The van der Waals surface area contributed by atoms with Gasteiger partial charge in [0.05, 0.1) is 18.7 Å². The standard InChI is InChI=1S/C19H27N3O6S/c1-11(2)15(22-16(23)13(20)10-29)17(24)21-14(19(26)27-3)9-28-18(25)12-7-5-4-6-8-12/h4-8,11,13-15,29H,9-10,20H2,1-3H3,(H,21,24)(H,22,23)/t13-,14-,15-/m0/s1. The largest absolute Gasteiger partial charge is 0.467 e. The quantitative estimate of drug-likeness (QED) is 0.303. The fourth-order valence-corrected chi connectivity index (χ4v) is 2.43. The van der Waals surface area contributed by atoms with E-state index in [-0.39, 0.29) is 11.7 Å². The van der Waals surface area contributed by atoms with Gasteiger partial charge in [-0.2, -0.15) is 12.6 Å². The lowest BCUT2D eigenvalue weighted by Gasteiger charge is -2.25. The van der Waals surface area contributed by atoms with Gasteiger partial charge in [-0.1, -0.05) is 32.0 Å². The zero-order valence-corrected chi connectivity index (χ0v) is 17.5. The minimum Gasteiger partial charge on any atom is -0.467 e. The van der Waals surface area contributed by atoms with E-state index in [2.05, 4.69) is 28.0 Å². The van der Waals surface area contributed by atoms with Crippen molar-refractivity contribution in [1.29, 1.82) is 0 Å². The van der Waals surface area contributed by atoms with Crippen molar-refractivity contribution in [2.75, 3.05) is 19.5 Å². The number of amides is 2. The zero-order chi connectivity index (χ0) is 22.0. The fraction of sp³-hybridized carbons (Fsp3) is 0.474. The molecule has 0 aromatic heterocycles. The maximum atomic E-state index is 12.6. The number of nitrogens with one attached hydrogen (secondary N) is 2. The third-order valence-electron chi connectivity index (χ3n) is 3.97. The molecule has 0 fully saturated rings. The molecule has 160 valence electrons. The van der Waals surface area contributed by atoms with Crippen LogP contribution >= 0.6 is 12.6 Å². The van der Waals surface area contributed by atoms with Crippen molar-refractivity contribution in [2.24, 2.45) is 11.7 Å². The topological polar surface area (TPSA) is 137 Å². The molecule has 0 unspecified atom stereocenters. The van der Waals surface area contributed by atoms with Crippen molar-refractivity contribution < 1.29 is 28.7 Å². The highest BCUT2D eigenvalue weighted by atomic mass is 32.1. The Labute approximate surface area is 175 Å². The van der Waals surface area contributed by atoms with E-state index in [4.69, 9.17) is 10.5 Å². The Morgan fingerprint density at radius 1 is 1.07 bits per heavy atom. The third kappa shape index (κ3) is 7.74. The molecule has 0 heterocycles. The zero-order valence-electron chi connectivity index (χ0n) is 16.6. The molecule has 9 nitrogen and oxygen atoms in total. The lowest BCUT2D eigenvalue weighted by atomic mass is 10.0. The number of rotatable bonds is 10. The van der Waals surface area contributed by atoms with Crippen LogP contribution in [0.15, 0.2) is 30.3 Å². The summed E-state index contributed by atoms with van der Waals surface area (Å²) in [5.74, 6) is -2.80. The first-order valence-electron chi connectivity index (χ1n) is 8.98. The smallest absolute Gasteiger partial charge is 0.338 e. The maximum Gasteiger partial charge on any atom is 0.338 e. The molecule has 0 saturated carbocycles. The first-order valence-corrected chi connectivity index (χ1v) is 9.61. The summed E-state index contributed by atoms with van der Waals surface area (Å²) in [6.45, 7) is 3.01. The molecule has 4 N–H and O–H groups in total. The SMILES string of the molecule is COC(=O)[C@H](COC(=O)c1ccccc1)NC(=O)[C@@H](NC(=O)[C@@H](N)CS)C(C)C. The number of hydrogen-bond acceptors (Lipinski definition) is 8. The molecule has 0 saturated heterocycles. The molecule has 29 heavy (non-hydrogen) atoms. The van der Waals surface area contributed by atoms with Gasteiger partial charge in [-0.3, -0.25) is 9.59 Å². The van der Waals surface area contributed by atoms with Crippen LogP contribution in [0, 0.1) is 5.92 Å². The lowest BCUT2D eigenvalue weighted by molar-refractivity contribution is -0.146. The van der Waals surface area contributed by atoms with Crippen molar-refractivity contribution in [2.45, 2.75) is 32.0 Å². The number of ether oxygens (including phenoxy) is 2. The van der Waals surface area contributed by atoms with Crippen LogP contribution < -0.4 is 16.4 Å². The van der Waals surface area contributed by atoms with Gasteiger partial charge in [0.15, 0.2) is 6.04 Å². The Morgan fingerprint density at radius 3 is 2.21 bits per heavy atom. The van der Waals surface area contributed by atoms with Gasteiger partial charge in [-0.15, -0.1) is 0 Å². The van der Waals surface area contributed by atoms with E-state index < -0.39 is 48.5 Å². The minimum absolute atomic E-state index is 0.110. The molecule has 1 rings (SSSR count). The number of methoxy groups -OCH3 is 1. The van der Waals surface area contributed by atoms with Crippen LogP contribution in [0.5, 0.6) is 0 Å². The number of carbonyl (C=O) groups excluding carboxylic acids is 4. The number of hydrogen-bond donors (Lipinski definition) is 4. The normalized spacial score (nSPS) is 13.7. The number of esters is 2. The van der Waals surface area contributed by atoms with E-state index >= 15 is 0 Å². The second-order valence-corrected chi connectivity index (χ2v) is 6.93. The highest BCUT2D eigenvalue weighted by Crippen LogP contribution is 2.06. The summed E-state index contributed by atoms with van der Waals surface area (Å²) in [4.78, 5) is 48.8. The van der Waals surface area contributed by atoms with Crippen LogP contribution in [0.4, 0.5) is 0 Å². The molecule has 10 heteroatoms. The van der Waals surface area contributed by atoms with Crippen LogP contribution in [-0.4, -0.2) is 61.3 Å². The molecular weight excluding hydrogens is 398 g/mol. The monoisotopic (exact) mass is 425 g/mol. The first kappa shape index (κ1) is 24.4. The lowest BCUT2D eigenvalue weighted by Crippen LogP contribution is -2.57. The Morgan fingerprint density at radius 2 is 1.69 bits per heavy atom. The van der Waals surface area contributed by atoms with E-state index in [1.165, 1.54) is 0 Å². The summed E-state index contributed by atoms with van der Waals surface area (Å²) < 4.78 is 9.78. The molecule has 1 aromatic carbocycles. The summed E-state index contributed by atoms with van der Waals surface area (Å²) in [5, 5.41) is 4.99. The Bertz CT molecular complexity index is 713. The van der Waals surface area contributed by atoms with E-state index in [1.54, 1.807) is 44.2 Å². The summed E-state index contributed by atoms with van der Waals surface area (Å²) in [6, 6.07) is 5.13. The van der Waals surface area contributed by atoms with E-state index in [0.29, 0.717) is 5.56 Å². The Balaban J connectivity index is 2.81. The molecule has 0 spiro atoms. The third-order valence-corrected chi connectivity index (χ3v) is 4.37. The van der Waals surface area contributed by atoms with Crippen molar-refractivity contribution in [1.82, 2.24) is 10.6 Å². The highest BCUT2D eigenvalue weighted by Gasteiger charge is 2.31. The van der Waals surface area contributed by atoms with Gasteiger partial charge in [0.2, 0.25) is 11.8 Å². The molecule has 3 atom stereocenters. The first-order chi connectivity index (χ1) is 13.7. The molecule has 1 aromatic rings. The van der Waals surface area contributed by atoms with Gasteiger partial charge < -0.3 is 25.8 Å². The van der Waals surface area contributed by atoms with Crippen LogP contribution in [0.25, 0.3) is 0 Å². The second kappa shape index (κ2) is 12.1. The van der Waals surface area contributed by atoms with E-state index in [1.807, 2.05) is 0 Å². The molecule has 0 aliphatic carbocycles. The van der Waals surface area contributed by atoms with Crippen LogP contribution in [0.2, 0.25) is 0 Å². The summed E-state index contributed by atoms with van der Waals surface area (Å²) in [6.07, 6.45) is 0. The van der Waals surface area contributed by atoms with Crippen LogP contribution in [0.3, 0.4) is 0 Å². The van der Waals surface area contributed by atoms with Gasteiger partial charge >= 0.3 is 11.9 Å². The summed E-state index contributed by atoms with van der Waals surface area (Å²) in [7, 11) is 1.15. The van der Waals surface area contributed by atoms with Gasteiger partial charge in [0, 0.05) is 5.75 Å². The average molecular weight is 426 g/mol. The second-order valence-electron chi connectivity index (χ2n) is 6.57. The Hall–Kier alpha value is -2.59. The highest BCUT2D eigenvalue weighted by molar-refractivity contribution is 7.80. The van der Waals surface area contributed by atoms with Gasteiger partial charge in [0.25, 0.3) is 0 Å². The number of thiol groups is 1. The molecular formula is C19H27N3O6S. The fourth-order valence-electron chi connectivity index (χ4n) is 2.27. The average Bonchev–Trinajstić information content (AvgIpc) is 2.73. The van der Waals surface area contributed by atoms with Gasteiger partial charge in [-0.25, -0.2) is 9.59 Å². The van der Waals surface area contributed by atoms with Gasteiger partial charge in [0.1, 0.15) is 12.6 Å². The van der Waals surface area contributed by atoms with Crippen molar-refractivity contribution in [3.8, 4) is 0 Å². The minimum atomic E-state index is -1.24. The van der Waals surface area contributed by atoms with Crippen LogP contribution in [-0.2, 0) is 23.9 Å². The summed E-state index contributed by atoms with van der Waals surface area (Å²) >= 11 is 3.96. The number of carbonyl (C=O) groups is 4. The molecule has 0 aliphatic rings. The predicted molar refractivity (Wildman–Crippen MR) is 109 cm³/mol.